The van der Waals surface area contributed by atoms with E-state index in [2.05, 4.69) is 10.6 Å². The van der Waals surface area contributed by atoms with Crippen LogP contribution >= 0.6 is 24.8 Å². The first-order valence-corrected chi connectivity index (χ1v) is 7.66. The maximum Gasteiger partial charge on any atom is 0.269 e. The van der Waals surface area contributed by atoms with Gasteiger partial charge < -0.3 is 22.1 Å². The summed E-state index contributed by atoms with van der Waals surface area (Å²) in [5.41, 5.74) is 11.5. The molecule has 0 spiro atoms. The fourth-order valence-corrected chi connectivity index (χ4v) is 1.94. The number of hydrogen-bond donors (Lipinski definition) is 4. The predicted octanol–water partition coefficient (Wildman–Crippen LogP) is 1.34. The number of carbonyl (C=O) groups is 2. The van der Waals surface area contributed by atoms with E-state index >= 15 is 0 Å². The molecule has 11 heteroatoms. The molecule has 26 heavy (non-hydrogen) atoms. The Kier molecular flexibility index (Phi) is 13.4. The third-order valence-electron chi connectivity index (χ3n) is 3.40. The lowest BCUT2D eigenvalue weighted by atomic mass is 10.1. The maximum atomic E-state index is 12.0. The van der Waals surface area contributed by atoms with E-state index in [0.717, 1.165) is 12.8 Å². The number of carbonyl (C=O) groups excluding carboxylic acids is 2. The van der Waals surface area contributed by atoms with E-state index in [0.29, 0.717) is 18.7 Å². The Morgan fingerprint density at radius 3 is 2.23 bits per heavy atom. The van der Waals surface area contributed by atoms with Crippen LogP contribution in [-0.2, 0) is 9.59 Å². The Labute approximate surface area is 164 Å². The fourth-order valence-electron chi connectivity index (χ4n) is 1.94. The van der Waals surface area contributed by atoms with Gasteiger partial charge in [0.25, 0.3) is 5.69 Å². The molecule has 0 saturated carbocycles. The van der Waals surface area contributed by atoms with Crippen LogP contribution < -0.4 is 22.1 Å². The van der Waals surface area contributed by atoms with Crippen molar-refractivity contribution in [2.75, 3.05) is 11.9 Å². The second-order valence-electron chi connectivity index (χ2n) is 5.41. The summed E-state index contributed by atoms with van der Waals surface area (Å²) in [6.45, 7) is 2.08. The lowest BCUT2D eigenvalue weighted by Gasteiger charge is -2.17. The number of unbranched alkanes of at least 4 members (excludes halogenated alkanes) is 1. The lowest BCUT2D eigenvalue weighted by molar-refractivity contribution is -0.384. The highest BCUT2D eigenvalue weighted by Gasteiger charge is 2.20. The molecule has 0 saturated heterocycles. The molecule has 0 aromatic heterocycles. The molecule has 148 valence electrons. The van der Waals surface area contributed by atoms with Crippen LogP contribution in [0.3, 0.4) is 0 Å². The van der Waals surface area contributed by atoms with Gasteiger partial charge in [0.15, 0.2) is 0 Å². The summed E-state index contributed by atoms with van der Waals surface area (Å²) in [7, 11) is 0. The molecule has 0 aliphatic rings. The van der Waals surface area contributed by atoms with Crippen LogP contribution in [0.5, 0.6) is 0 Å². The SMILES string of the molecule is C[C@H](NC(=O)[C@@H](N)CCCCN)C(=O)Nc1ccc([N+](=O)[O-])cc1.Cl.Cl. The van der Waals surface area contributed by atoms with Crippen LogP contribution in [0.15, 0.2) is 24.3 Å². The van der Waals surface area contributed by atoms with Crippen LogP contribution in [-0.4, -0.2) is 35.4 Å². The van der Waals surface area contributed by atoms with E-state index in [1.807, 2.05) is 0 Å². The fraction of sp³-hybridized carbons (Fsp3) is 0.467. The average molecular weight is 410 g/mol. The highest BCUT2D eigenvalue weighted by atomic mass is 35.5. The molecule has 1 aromatic carbocycles. The first-order valence-electron chi connectivity index (χ1n) is 7.66. The van der Waals surface area contributed by atoms with Gasteiger partial charge in [-0.3, -0.25) is 19.7 Å². The van der Waals surface area contributed by atoms with Gasteiger partial charge in [0, 0.05) is 17.8 Å². The number of nitrogens with zero attached hydrogens (tertiary/aromatic N) is 1. The predicted molar refractivity (Wildman–Crippen MR) is 105 cm³/mol. The Balaban J connectivity index is 0. The van der Waals surface area contributed by atoms with Crippen molar-refractivity contribution in [3.63, 3.8) is 0 Å². The zero-order chi connectivity index (χ0) is 18.1. The minimum Gasteiger partial charge on any atom is -0.343 e. The monoisotopic (exact) mass is 409 g/mol. The maximum absolute atomic E-state index is 12.0. The van der Waals surface area contributed by atoms with E-state index < -0.39 is 28.8 Å². The summed E-state index contributed by atoms with van der Waals surface area (Å²) < 4.78 is 0. The molecule has 1 aromatic rings. The Morgan fingerprint density at radius 1 is 1.15 bits per heavy atom. The number of nitro groups is 1. The minimum absolute atomic E-state index is 0. The van der Waals surface area contributed by atoms with Gasteiger partial charge in [-0.15, -0.1) is 24.8 Å². The summed E-state index contributed by atoms with van der Waals surface area (Å²) in [4.78, 5) is 34.0. The number of amides is 2. The number of anilines is 1. The summed E-state index contributed by atoms with van der Waals surface area (Å²) in [5, 5.41) is 15.7. The number of rotatable bonds is 9. The van der Waals surface area contributed by atoms with Gasteiger partial charge in [-0.05, 0) is 38.4 Å². The summed E-state index contributed by atoms with van der Waals surface area (Å²) >= 11 is 0. The van der Waals surface area contributed by atoms with Gasteiger partial charge in [0.1, 0.15) is 6.04 Å². The normalized spacial score (nSPS) is 12.0. The number of nitro benzene ring substituents is 1. The second kappa shape index (κ2) is 13.3. The van der Waals surface area contributed by atoms with Gasteiger partial charge >= 0.3 is 0 Å². The summed E-state index contributed by atoms with van der Waals surface area (Å²) in [5.74, 6) is -0.843. The lowest BCUT2D eigenvalue weighted by Crippen LogP contribution is -2.48. The van der Waals surface area contributed by atoms with Crippen LogP contribution in [0.2, 0.25) is 0 Å². The molecular weight excluding hydrogens is 385 g/mol. The number of nitrogens with two attached hydrogens (primary N) is 2. The van der Waals surface area contributed by atoms with Crippen molar-refractivity contribution in [1.29, 1.82) is 0 Å². The number of halogens is 2. The average Bonchev–Trinajstić information content (AvgIpc) is 2.55. The van der Waals surface area contributed by atoms with Crippen LogP contribution in [0, 0.1) is 10.1 Å². The van der Waals surface area contributed by atoms with E-state index in [4.69, 9.17) is 11.5 Å². The van der Waals surface area contributed by atoms with Crippen molar-refractivity contribution in [3.05, 3.63) is 34.4 Å². The Bertz CT molecular complexity index is 586. The van der Waals surface area contributed by atoms with Crippen molar-refractivity contribution >= 4 is 48.0 Å². The molecule has 2 amide bonds. The minimum atomic E-state index is -0.784. The van der Waals surface area contributed by atoms with Crippen molar-refractivity contribution in [3.8, 4) is 0 Å². The molecule has 6 N–H and O–H groups in total. The van der Waals surface area contributed by atoms with Gasteiger partial charge in [-0.25, -0.2) is 0 Å². The second-order valence-corrected chi connectivity index (χ2v) is 5.41. The smallest absolute Gasteiger partial charge is 0.269 e. The standard InChI is InChI=1S/C15H23N5O4.2ClH/c1-10(18-15(22)13(17)4-2-3-9-16)14(21)19-11-5-7-12(8-6-11)20(23)24;;/h5-8,10,13H,2-4,9,16-17H2,1H3,(H,18,22)(H,19,21);2*1H/t10-,13-;;/m0../s1. The highest BCUT2D eigenvalue weighted by Crippen LogP contribution is 2.15. The number of nitrogens with one attached hydrogen (secondary N) is 2. The van der Waals surface area contributed by atoms with E-state index in [1.54, 1.807) is 0 Å². The van der Waals surface area contributed by atoms with Crippen LogP contribution in [0.4, 0.5) is 11.4 Å². The Hall–Kier alpha value is -1.94. The molecule has 0 fully saturated rings. The number of benzene rings is 1. The van der Waals surface area contributed by atoms with Crippen LogP contribution in [0.25, 0.3) is 0 Å². The van der Waals surface area contributed by atoms with Crippen molar-refractivity contribution in [2.24, 2.45) is 11.5 Å². The largest absolute Gasteiger partial charge is 0.343 e. The molecule has 0 bridgehead atoms. The number of non-ortho nitro benzene ring substituents is 1. The van der Waals surface area contributed by atoms with E-state index in [9.17, 15) is 19.7 Å². The van der Waals surface area contributed by atoms with Gasteiger partial charge in [-0.2, -0.15) is 0 Å². The zero-order valence-electron chi connectivity index (χ0n) is 14.3. The van der Waals surface area contributed by atoms with Crippen molar-refractivity contribution in [2.45, 2.75) is 38.3 Å². The molecule has 0 aliphatic carbocycles. The Morgan fingerprint density at radius 2 is 1.73 bits per heavy atom. The van der Waals surface area contributed by atoms with Crippen LogP contribution in [0.1, 0.15) is 26.2 Å². The highest BCUT2D eigenvalue weighted by molar-refractivity contribution is 5.97. The number of hydrogen-bond acceptors (Lipinski definition) is 6. The molecule has 2 atom stereocenters. The first-order chi connectivity index (χ1) is 11.3. The third-order valence-corrected chi connectivity index (χ3v) is 3.40. The molecule has 0 heterocycles. The topological polar surface area (TPSA) is 153 Å². The molecule has 1 rings (SSSR count). The molecule has 0 unspecified atom stereocenters. The summed E-state index contributed by atoms with van der Waals surface area (Å²) in [6.07, 6.45) is 2.03. The quantitative estimate of drug-likeness (QED) is 0.274. The van der Waals surface area contributed by atoms with Gasteiger partial charge in [-0.1, -0.05) is 6.42 Å². The molecular formula is C15H25Cl2N5O4. The zero-order valence-corrected chi connectivity index (χ0v) is 16.0. The molecule has 0 radical (unpaired) electrons. The van der Waals surface area contributed by atoms with Gasteiger partial charge in [0.2, 0.25) is 11.8 Å². The van der Waals surface area contributed by atoms with Crippen molar-refractivity contribution < 1.29 is 14.5 Å². The molecule has 0 aliphatic heterocycles. The third kappa shape index (κ3) is 8.95. The first kappa shape index (κ1) is 26.3. The van der Waals surface area contributed by atoms with Crippen molar-refractivity contribution in [1.82, 2.24) is 5.32 Å². The van der Waals surface area contributed by atoms with Gasteiger partial charge in [0.05, 0.1) is 11.0 Å². The summed E-state index contributed by atoms with van der Waals surface area (Å²) in [6, 6.07) is 3.93. The molecule has 9 nitrogen and oxygen atoms in total. The van der Waals surface area contributed by atoms with E-state index in [1.165, 1.54) is 31.2 Å². The van der Waals surface area contributed by atoms with E-state index in [-0.39, 0.29) is 30.5 Å².